The highest BCUT2D eigenvalue weighted by molar-refractivity contribution is 5.74. The monoisotopic (exact) mass is 338 g/mol. The molecule has 1 aromatic heterocycles. The lowest BCUT2D eigenvalue weighted by atomic mass is 9.82. The maximum absolute atomic E-state index is 11.7. The number of carbonyl (C=O) groups is 1. The van der Waals surface area contributed by atoms with Crippen LogP contribution in [0.2, 0.25) is 0 Å². The van der Waals surface area contributed by atoms with E-state index in [1.807, 2.05) is 42.6 Å². The van der Waals surface area contributed by atoms with Crippen molar-refractivity contribution in [1.29, 1.82) is 0 Å². The summed E-state index contributed by atoms with van der Waals surface area (Å²) in [6.45, 7) is 2.11. The highest BCUT2D eigenvalue weighted by atomic mass is 16.4. The van der Waals surface area contributed by atoms with E-state index in [-0.39, 0.29) is 6.04 Å². The van der Waals surface area contributed by atoms with E-state index in [1.54, 1.807) is 0 Å². The van der Waals surface area contributed by atoms with Gasteiger partial charge in [0.1, 0.15) is 6.04 Å². The molecule has 2 unspecified atom stereocenters. The quantitative estimate of drug-likeness (QED) is 0.843. The Labute approximate surface area is 149 Å². The Kier molecular flexibility index (Phi) is 5.82. The minimum atomic E-state index is -0.778. The van der Waals surface area contributed by atoms with Crippen LogP contribution in [0.1, 0.15) is 48.4 Å². The maximum Gasteiger partial charge on any atom is 0.321 e. The molecule has 1 heterocycles. The van der Waals surface area contributed by atoms with E-state index >= 15 is 0 Å². The number of aliphatic carboxylic acids is 1. The van der Waals surface area contributed by atoms with E-state index < -0.39 is 12.0 Å². The molecular weight excluding hydrogens is 312 g/mol. The molecule has 0 radical (unpaired) electrons. The Morgan fingerprint density at radius 1 is 1.24 bits per heavy atom. The van der Waals surface area contributed by atoms with Gasteiger partial charge < -0.3 is 10.4 Å². The summed E-state index contributed by atoms with van der Waals surface area (Å²) in [5, 5.41) is 13.0. The summed E-state index contributed by atoms with van der Waals surface area (Å²) in [4.78, 5) is 16.3. The van der Waals surface area contributed by atoms with Crippen LogP contribution in [0, 0.1) is 6.92 Å². The number of carboxylic acids is 1. The van der Waals surface area contributed by atoms with Crippen molar-refractivity contribution in [3.05, 3.63) is 65.5 Å². The zero-order valence-electron chi connectivity index (χ0n) is 14.7. The van der Waals surface area contributed by atoms with Gasteiger partial charge in [0.05, 0.1) is 0 Å². The number of hydrogen-bond donors (Lipinski definition) is 2. The van der Waals surface area contributed by atoms with E-state index in [1.165, 1.54) is 11.3 Å². The molecule has 1 aromatic carbocycles. The van der Waals surface area contributed by atoms with Crippen molar-refractivity contribution in [2.75, 3.05) is 0 Å². The third-order valence-electron chi connectivity index (χ3n) is 5.13. The van der Waals surface area contributed by atoms with Crippen molar-refractivity contribution in [3.8, 4) is 0 Å². The highest BCUT2D eigenvalue weighted by Crippen LogP contribution is 2.33. The van der Waals surface area contributed by atoms with Gasteiger partial charge >= 0.3 is 5.97 Å². The van der Waals surface area contributed by atoms with Gasteiger partial charge in [-0.25, -0.2) is 0 Å². The summed E-state index contributed by atoms with van der Waals surface area (Å²) in [5.41, 5.74) is 3.45. The normalized spacial score (nSPS) is 21.6. The largest absolute Gasteiger partial charge is 0.480 e. The fraction of sp³-hybridized carbons (Fsp3) is 0.429. The summed E-state index contributed by atoms with van der Waals surface area (Å²) in [7, 11) is 0. The molecule has 1 aliphatic rings. The summed E-state index contributed by atoms with van der Waals surface area (Å²) in [6, 6.07) is 13.6. The molecular formula is C21H26N2O2. The fourth-order valence-corrected chi connectivity index (χ4v) is 3.87. The third kappa shape index (κ3) is 4.67. The first-order chi connectivity index (χ1) is 12.1. The highest BCUT2D eigenvalue weighted by Gasteiger charge is 2.28. The van der Waals surface area contributed by atoms with Gasteiger partial charge in [-0.3, -0.25) is 9.78 Å². The minimum Gasteiger partial charge on any atom is -0.480 e. The predicted octanol–water partition coefficient (Wildman–Crippen LogP) is 3.70. The smallest absolute Gasteiger partial charge is 0.321 e. The van der Waals surface area contributed by atoms with Gasteiger partial charge in [-0.05, 0) is 49.8 Å². The number of carboxylic acid groups (broad SMARTS) is 1. The maximum atomic E-state index is 11.7. The lowest BCUT2D eigenvalue weighted by Crippen LogP contribution is -2.46. The van der Waals surface area contributed by atoms with Gasteiger partial charge in [0.2, 0.25) is 0 Å². The van der Waals surface area contributed by atoms with Crippen LogP contribution in [0.5, 0.6) is 0 Å². The van der Waals surface area contributed by atoms with Crippen LogP contribution in [0.4, 0.5) is 0 Å². The summed E-state index contributed by atoms with van der Waals surface area (Å²) in [6.07, 6.45) is 6.59. The average molecular weight is 338 g/mol. The molecule has 2 N–H and O–H groups in total. The molecule has 4 nitrogen and oxygen atoms in total. The molecule has 0 bridgehead atoms. The average Bonchev–Trinajstić information content (AvgIpc) is 2.62. The van der Waals surface area contributed by atoms with Crippen molar-refractivity contribution in [1.82, 2.24) is 10.3 Å². The van der Waals surface area contributed by atoms with Crippen LogP contribution in [0.15, 0.2) is 48.7 Å². The van der Waals surface area contributed by atoms with Crippen molar-refractivity contribution in [3.63, 3.8) is 0 Å². The first kappa shape index (κ1) is 17.6. The minimum absolute atomic E-state index is 0.227. The van der Waals surface area contributed by atoms with Gasteiger partial charge in [-0.2, -0.15) is 0 Å². The molecule has 25 heavy (non-hydrogen) atoms. The Balaban J connectivity index is 1.66. The first-order valence-electron chi connectivity index (χ1n) is 9.08. The van der Waals surface area contributed by atoms with Gasteiger partial charge in [0, 0.05) is 23.9 Å². The molecule has 0 aliphatic heterocycles. The van der Waals surface area contributed by atoms with E-state index in [0.717, 1.165) is 31.2 Å². The van der Waals surface area contributed by atoms with Crippen molar-refractivity contribution in [2.45, 2.75) is 57.0 Å². The number of rotatable bonds is 6. The van der Waals surface area contributed by atoms with Gasteiger partial charge in [0.15, 0.2) is 0 Å². The lowest BCUT2D eigenvalue weighted by Gasteiger charge is -2.32. The molecule has 4 heteroatoms. The second kappa shape index (κ2) is 8.26. The van der Waals surface area contributed by atoms with Gasteiger partial charge in [-0.15, -0.1) is 0 Å². The number of nitrogens with one attached hydrogen (secondary N) is 1. The summed E-state index contributed by atoms with van der Waals surface area (Å²) in [5.74, 6) is -0.362. The third-order valence-corrected chi connectivity index (χ3v) is 5.13. The number of nitrogens with zero attached hydrogens (tertiary/aromatic N) is 1. The Morgan fingerprint density at radius 3 is 2.76 bits per heavy atom. The zero-order chi connectivity index (χ0) is 17.6. The molecule has 0 spiro atoms. The molecule has 3 atom stereocenters. The number of hydrogen-bond acceptors (Lipinski definition) is 3. The number of pyridine rings is 1. The molecule has 1 fully saturated rings. The van der Waals surface area contributed by atoms with E-state index in [4.69, 9.17) is 0 Å². The molecule has 2 aromatic rings. The molecule has 0 saturated heterocycles. The molecule has 1 saturated carbocycles. The van der Waals surface area contributed by atoms with Gasteiger partial charge in [0.25, 0.3) is 0 Å². The van der Waals surface area contributed by atoms with Crippen molar-refractivity contribution in [2.24, 2.45) is 0 Å². The van der Waals surface area contributed by atoms with Crippen LogP contribution in [-0.4, -0.2) is 28.1 Å². The predicted molar refractivity (Wildman–Crippen MR) is 98.7 cm³/mol. The summed E-state index contributed by atoms with van der Waals surface area (Å²) >= 11 is 0. The van der Waals surface area contributed by atoms with E-state index in [2.05, 4.69) is 23.3 Å². The van der Waals surface area contributed by atoms with Crippen LogP contribution in [-0.2, 0) is 11.2 Å². The Bertz CT molecular complexity index is 702. The Hall–Kier alpha value is -2.20. The van der Waals surface area contributed by atoms with Crippen molar-refractivity contribution < 1.29 is 9.90 Å². The topological polar surface area (TPSA) is 62.2 Å². The SMILES string of the molecule is Cc1cccnc1C1CCCC(N[C@H](Cc2ccccc2)C(=O)O)C1. The molecule has 0 amide bonds. The zero-order valence-corrected chi connectivity index (χ0v) is 14.7. The Morgan fingerprint density at radius 2 is 2.04 bits per heavy atom. The fourth-order valence-electron chi connectivity index (χ4n) is 3.87. The summed E-state index contributed by atoms with van der Waals surface area (Å²) < 4.78 is 0. The number of benzene rings is 1. The lowest BCUT2D eigenvalue weighted by molar-refractivity contribution is -0.139. The van der Waals surface area contributed by atoms with Crippen LogP contribution in [0.25, 0.3) is 0 Å². The van der Waals surface area contributed by atoms with Crippen molar-refractivity contribution >= 4 is 5.97 Å². The van der Waals surface area contributed by atoms with Gasteiger partial charge in [-0.1, -0.05) is 42.8 Å². The van der Waals surface area contributed by atoms with E-state index in [0.29, 0.717) is 12.3 Å². The van der Waals surface area contributed by atoms with E-state index in [9.17, 15) is 9.90 Å². The van der Waals surface area contributed by atoms with Crippen LogP contribution in [0.3, 0.4) is 0 Å². The molecule has 1 aliphatic carbocycles. The standard InChI is InChI=1S/C21H26N2O2/c1-15-7-6-12-22-20(15)17-10-5-11-18(14-17)23-19(21(24)25)13-16-8-3-2-4-9-16/h2-4,6-9,12,17-19,23H,5,10-11,13-14H2,1H3,(H,24,25)/t17?,18?,19-/m1/s1. The number of aryl methyl sites for hydroxylation is 1. The van der Waals surface area contributed by atoms with Crippen LogP contribution < -0.4 is 5.32 Å². The second-order valence-corrected chi connectivity index (χ2v) is 7.01. The molecule has 132 valence electrons. The number of aromatic nitrogens is 1. The molecule has 3 rings (SSSR count). The second-order valence-electron chi connectivity index (χ2n) is 7.01. The van der Waals surface area contributed by atoms with Crippen LogP contribution >= 0.6 is 0 Å². The first-order valence-corrected chi connectivity index (χ1v) is 9.08.